The number of amides is 2. The van der Waals surface area contributed by atoms with Crippen molar-refractivity contribution >= 4 is 46.9 Å². The Bertz CT molecular complexity index is 768. The number of halogens is 1. The molecule has 0 fully saturated rings. The molecule has 0 saturated heterocycles. The summed E-state index contributed by atoms with van der Waals surface area (Å²) in [5.74, 6) is -0.385. The second-order valence-electron chi connectivity index (χ2n) is 6.52. The third-order valence-corrected chi connectivity index (χ3v) is 4.25. The van der Waals surface area contributed by atoms with Crippen LogP contribution in [0.2, 0.25) is 0 Å². The van der Waals surface area contributed by atoms with Crippen molar-refractivity contribution in [3.8, 4) is 0 Å². The van der Waals surface area contributed by atoms with Crippen LogP contribution in [0.25, 0.3) is 0 Å². The molecule has 0 aliphatic carbocycles. The predicted molar refractivity (Wildman–Crippen MR) is 104 cm³/mol. The van der Waals surface area contributed by atoms with Crippen molar-refractivity contribution in [2.24, 2.45) is 11.1 Å². The van der Waals surface area contributed by atoms with Crippen LogP contribution in [0.4, 0.5) is 11.4 Å². The molecule has 4 N–H and O–H groups in total. The quantitative estimate of drug-likeness (QED) is 0.752. The van der Waals surface area contributed by atoms with Crippen LogP contribution in [-0.4, -0.2) is 16.8 Å². The maximum atomic E-state index is 12.2. The minimum Gasteiger partial charge on any atom is -0.325 e. The highest BCUT2D eigenvalue weighted by atomic mass is 35.5. The Morgan fingerprint density at radius 2 is 1.92 bits per heavy atom. The summed E-state index contributed by atoms with van der Waals surface area (Å²) >= 11 is 1.35. The van der Waals surface area contributed by atoms with Gasteiger partial charge in [0.2, 0.25) is 5.91 Å². The molecule has 6 nitrogen and oxygen atoms in total. The van der Waals surface area contributed by atoms with E-state index in [-0.39, 0.29) is 24.2 Å². The van der Waals surface area contributed by atoms with Crippen molar-refractivity contribution in [2.75, 3.05) is 10.6 Å². The molecule has 2 amide bonds. The fourth-order valence-electron chi connectivity index (χ4n) is 1.85. The average molecular weight is 383 g/mol. The second kappa shape index (κ2) is 8.42. The van der Waals surface area contributed by atoms with Gasteiger partial charge in [0.15, 0.2) is 0 Å². The number of aromatic nitrogens is 1. The number of benzene rings is 1. The van der Waals surface area contributed by atoms with E-state index in [1.54, 1.807) is 17.5 Å². The number of aryl methyl sites for hydroxylation is 1. The van der Waals surface area contributed by atoms with Gasteiger partial charge in [-0.3, -0.25) is 9.59 Å². The zero-order valence-electron chi connectivity index (χ0n) is 14.7. The predicted octanol–water partition coefficient (Wildman–Crippen LogP) is 3.57. The summed E-state index contributed by atoms with van der Waals surface area (Å²) in [6, 6.07) is 5.38. The third kappa shape index (κ3) is 5.52. The zero-order chi connectivity index (χ0) is 17.9. The van der Waals surface area contributed by atoms with E-state index in [2.05, 4.69) is 15.6 Å². The normalized spacial score (nSPS) is 10.8. The summed E-state index contributed by atoms with van der Waals surface area (Å²) in [6.07, 6.45) is 0. The Morgan fingerprint density at radius 1 is 1.24 bits per heavy atom. The van der Waals surface area contributed by atoms with Crippen molar-refractivity contribution in [1.29, 1.82) is 0 Å². The van der Waals surface area contributed by atoms with Gasteiger partial charge in [-0.2, -0.15) is 0 Å². The fourth-order valence-corrected chi connectivity index (χ4v) is 2.50. The Morgan fingerprint density at radius 3 is 2.48 bits per heavy atom. The molecule has 0 radical (unpaired) electrons. The first kappa shape index (κ1) is 21.1. The molecule has 136 valence electrons. The Hall–Kier alpha value is -1.96. The van der Waals surface area contributed by atoms with Crippen molar-refractivity contribution < 1.29 is 9.59 Å². The van der Waals surface area contributed by atoms with Crippen LogP contribution >= 0.6 is 23.7 Å². The Kier molecular flexibility index (Phi) is 7.10. The monoisotopic (exact) mass is 382 g/mol. The molecule has 25 heavy (non-hydrogen) atoms. The van der Waals surface area contributed by atoms with Crippen LogP contribution < -0.4 is 16.4 Å². The van der Waals surface area contributed by atoms with Gasteiger partial charge in [0, 0.05) is 28.7 Å². The zero-order valence-corrected chi connectivity index (χ0v) is 16.3. The molecular weight excluding hydrogens is 360 g/mol. The van der Waals surface area contributed by atoms with Gasteiger partial charge < -0.3 is 16.4 Å². The first-order valence-corrected chi connectivity index (χ1v) is 8.46. The standard InChI is InChI=1S/C17H22N4O2S.ClH/c1-10-5-6-11(7-12(10)21-16(23)17(2,3)4)19-15(22)13-9-24-14(8-18)20-13;/h5-7,9H,8,18H2,1-4H3,(H,19,22)(H,21,23);1H. The molecule has 0 bridgehead atoms. The summed E-state index contributed by atoms with van der Waals surface area (Å²) in [7, 11) is 0. The molecule has 0 unspecified atom stereocenters. The van der Waals surface area contributed by atoms with Gasteiger partial charge >= 0.3 is 0 Å². The minimum absolute atomic E-state index is 0. The molecule has 2 aromatic rings. The van der Waals surface area contributed by atoms with Gasteiger partial charge in [0.1, 0.15) is 10.7 Å². The summed E-state index contributed by atoms with van der Waals surface area (Å²) in [6.45, 7) is 7.75. The highest BCUT2D eigenvalue weighted by Gasteiger charge is 2.22. The lowest BCUT2D eigenvalue weighted by Gasteiger charge is -2.19. The van der Waals surface area contributed by atoms with Gasteiger partial charge in [-0.15, -0.1) is 23.7 Å². The lowest BCUT2D eigenvalue weighted by atomic mass is 9.95. The van der Waals surface area contributed by atoms with Crippen molar-refractivity contribution in [2.45, 2.75) is 34.2 Å². The lowest BCUT2D eigenvalue weighted by molar-refractivity contribution is -0.123. The highest BCUT2D eigenvalue weighted by Crippen LogP contribution is 2.24. The molecule has 1 aromatic carbocycles. The van der Waals surface area contributed by atoms with Crippen molar-refractivity contribution in [3.05, 3.63) is 39.8 Å². The van der Waals surface area contributed by atoms with Crippen LogP contribution in [0.1, 0.15) is 41.8 Å². The van der Waals surface area contributed by atoms with E-state index in [4.69, 9.17) is 5.73 Å². The third-order valence-electron chi connectivity index (χ3n) is 3.38. The molecule has 0 atom stereocenters. The van der Waals surface area contributed by atoms with E-state index in [1.807, 2.05) is 33.8 Å². The molecule has 1 heterocycles. The molecule has 0 saturated carbocycles. The fraction of sp³-hybridized carbons (Fsp3) is 0.353. The smallest absolute Gasteiger partial charge is 0.275 e. The van der Waals surface area contributed by atoms with Crippen molar-refractivity contribution in [1.82, 2.24) is 4.98 Å². The van der Waals surface area contributed by atoms with Gasteiger partial charge in [-0.25, -0.2) is 4.98 Å². The van der Waals surface area contributed by atoms with E-state index in [1.165, 1.54) is 11.3 Å². The van der Waals surface area contributed by atoms with Crippen LogP contribution in [0.3, 0.4) is 0 Å². The highest BCUT2D eigenvalue weighted by molar-refractivity contribution is 7.09. The number of rotatable bonds is 4. The van der Waals surface area contributed by atoms with Gasteiger partial charge in [0.25, 0.3) is 5.91 Å². The van der Waals surface area contributed by atoms with Crippen LogP contribution in [0, 0.1) is 12.3 Å². The largest absolute Gasteiger partial charge is 0.325 e. The molecule has 0 aliphatic rings. The van der Waals surface area contributed by atoms with Crippen LogP contribution in [-0.2, 0) is 11.3 Å². The minimum atomic E-state index is -0.495. The van der Waals surface area contributed by atoms with Gasteiger partial charge in [-0.05, 0) is 24.6 Å². The van der Waals surface area contributed by atoms with E-state index in [0.29, 0.717) is 28.6 Å². The van der Waals surface area contributed by atoms with Gasteiger partial charge in [-0.1, -0.05) is 26.8 Å². The molecule has 1 aromatic heterocycles. The molecule has 0 aliphatic heterocycles. The van der Waals surface area contributed by atoms with E-state index in [0.717, 1.165) is 5.56 Å². The number of thiazole rings is 1. The van der Waals surface area contributed by atoms with Crippen LogP contribution in [0.15, 0.2) is 23.6 Å². The van der Waals surface area contributed by atoms with E-state index >= 15 is 0 Å². The van der Waals surface area contributed by atoms with E-state index < -0.39 is 5.41 Å². The summed E-state index contributed by atoms with van der Waals surface area (Å²) < 4.78 is 0. The number of hydrogen-bond donors (Lipinski definition) is 3. The Labute approximate surface area is 157 Å². The second-order valence-corrected chi connectivity index (χ2v) is 7.46. The summed E-state index contributed by atoms with van der Waals surface area (Å²) in [5, 5.41) is 8.07. The SMILES string of the molecule is Cc1ccc(NC(=O)c2csc(CN)n2)cc1NC(=O)C(C)(C)C.Cl. The number of hydrogen-bond acceptors (Lipinski definition) is 5. The lowest BCUT2D eigenvalue weighted by Crippen LogP contribution is -2.28. The summed E-state index contributed by atoms with van der Waals surface area (Å²) in [4.78, 5) is 28.5. The van der Waals surface area contributed by atoms with E-state index in [9.17, 15) is 9.59 Å². The van der Waals surface area contributed by atoms with Gasteiger partial charge in [0.05, 0.1) is 0 Å². The Balaban J connectivity index is 0.00000312. The maximum Gasteiger partial charge on any atom is 0.275 e. The molecule has 8 heteroatoms. The topological polar surface area (TPSA) is 97.1 Å². The molecular formula is C17H23ClN4O2S. The first-order chi connectivity index (χ1) is 11.2. The number of carbonyl (C=O) groups excluding carboxylic acids is 2. The van der Waals surface area contributed by atoms with Crippen LogP contribution in [0.5, 0.6) is 0 Å². The number of nitrogens with two attached hydrogens (primary N) is 1. The molecule has 0 spiro atoms. The maximum absolute atomic E-state index is 12.2. The molecule has 2 rings (SSSR count). The number of nitrogens with zero attached hydrogens (tertiary/aromatic N) is 1. The number of nitrogens with one attached hydrogen (secondary N) is 2. The number of carbonyl (C=O) groups is 2. The average Bonchev–Trinajstić information content (AvgIpc) is 2.98. The number of anilines is 2. The van der Waals surface area contributed by atoms with Crippen molar-refractivity contribution in [3.63, 3.8) is 0 Å². The summed E-state index contributed by atoms with van der Waals surface area (Å²) in [5.41, 5.74) is 7.54. The first-order valence-electron chi connectivity index (χ1n) is 7.58.